The fourth-order valence-electron chi connectivity index (χ4n) is 5.81. The second kappa shape index (κ2) is 9.34. The van der Waals surface area contributed by atoms with E-state index >= 15 is 0 Å². The van der Waals surface area contributed by atoms with Gasteiger partial charge in [-0.15, -0.1) is 0 Å². The van der Waals surface area contributed by atoms with Crippen LogP contribution in [0.25, 0.3) is 65.7 Å². The topological polar surface area (TPSA) is 86.5 Å². The smallest absolute Gasteiger partial charge is 0.136 e. The van der Waals surface area contributed by atoms with Crippen LogP contribution in [-0.4, -0.2) is 9.97 Å². The van der Waals surface area contributed by atoms with Gasteiger partial charge >= 0.3 is 0 Å². The van der Waals surface area contributed by atoms with E-state index in [9.17, 15) is 10.5 Å². The lowest BCUT2D eigenvalue weighted by atomic mass is 9.91. The Kier molecular flexibility index (Phi) is 5.51. The molecule has 0 saturated heterocycles. The number of pyridine rings is 2. The zero-order chi connectivity index (χ0) is 27.2. The lowest BCUT2D eigenvalue weighted by Crippen LogP contribution is -1.89. The Morgan fingerprint density at radius 1 is 0.650 bits per heavy atom. The Hall–Kier alpha value is -5.52. The molecule has 7 aromatic rings. The number of furan rings is 1. The Morgan fingerprint density at radius 2 is 1.23 bits per heavy atom. The van der Waals surface area contributed by atoms with E-state index in [1.807, 2.05) is 24.3 Å². The minimum absolute atomic E-state index is 0.513. The molecule has 40 heavy (non-hydrogen) atoms. The van der Waals surface area contributed by atoms with Crippen LogP contribution in [0.1, 0.15) is 30.0 Å². The average Bonchev–Trinajstić information content (AvgIpc) is 3.39. The first kappa shape index (κ1) is 23.6. The normalized spacial score (nSPS) is 11.3. The van der Waals surface area contributed by atoms with E-state index in [2.05, 4.69) is 71.5 Å². The van der Waals surface area contributed by atoms with Crippen molar-refractivity contribution in [3.05, 3.63) is 108 Å². The molecule has 0 bridgehead atoms. The first-order valence-electron chi connectivity index (χ1n) is 13.2. The van der Waals surface area contributed by atoms with E-state index in [0.29, 0.717) is 11.1 Å². The van der Waals surface area contributed by atoms with Crippen LogP contribution in [0.5, 0.6) is 0 Å². The molecule has 0 saturated carbocycles. The van der Waals surface area contributed by atoms with Gasteiger partial charge in [-0.25, -0.2) is 0 Å². The summed E-state index contributed by atoms with van der Waals surface area (Å²) in [4.78, 5) is 8.63. The third kappa shape index (κ3) is 3.68. The second-order valence-corrected chi connectivity index (χ2v) is 10.0. The Bertz CT molecular complexity index is 2210. The summed E-state index contributed by atoms with van der Waals surface area (Å²) in [6.07, 6.45) is 8.77. The summed E-state index contributed by atoms with van der Waals surface area (Å²) < 4.78 is 6.64. The van der Waals surface area contributed by atoms with Crippen LogP contribution in [0.2, 0.25) is 0 Å². The first-order chi connectivity index (χ1) is 19.7. The fraction of sp³-hybridized carbons (Fsp3) is 0.0857. The van der Waals surface area contributed by atoms with Gasteiger partial charge in [-0.3, -0.25) is 9.97 Å². The van der Waals surface area contributed by atoms with Crippen LogP contribution >= 0.6 is 0 Å². The van der Waals surface area contributed by atoms with Gasteiger partial charge in [0.25, 0.3) is 0 Å². The summed E-state index contributed by atoms with van der Waals surface area (Å²) in [6.45, 7) is 2.19. The van der Waals surface area contributed by atoms with E-state index in [1.54, 1.807) is 24.8 Å². The zero-order valence-electron chi connectivity index (χ0n) is 21.8. The molecule has 0 amide bonds. The summed E-state index contributed by atoms with van der Waals surface area (Å²) in [6, 6.07) is 27.3. The maximum atomic E-state index is 9.51. The number of nitriles is 2. The highest BCUT2D eigenvalue weighted by molar-refractivity contribution is 6.29. The molecule has 3 aromatic heterocycles. The highest BCUT2D eigenvalue weighted by Crippen LogP contribution is 2.45. The molecule has 5 nitrogen and oxygen atoms in total. The van der Waals surface area contributed by atoms with Gasteiger partial charge in [0.2, 0.25) is 0 Å². The first-order valence-corrected chi connectivity index (χ1v) is 13.2. The van der Waals surface area contributed by atoms with E-state index in [1.165, 1.54) is 5.56 Å². The number of fused-ring (bicyclic) bond motifs is 7. The van der Waals surface area contributed by atoms with Gasteiger partial charge in [0.15, 0.2) is 0 Å². The van der Waals surface area contributed by atoms with Crippen LogP contribution in [0.3, 0.4) is 0 Å². The summed E-state index contributed by atoms with van der Waals surface area (Å²) in [5.41, 5.74) is 7.53. The van der Waals surface area contributed by atoms with Gasteiger partial charge in [-0.1, -0.05) is 55.8 Å². The molecule has 4 aromatic carbocycles. The molecule has 7 rings (SSSR count). The van der Waals surface area contributed by atoms with Gasteiger partial charge in [0.1, 0.15) is 23.3 Å². The van der Waals surface area contributed by atoms with Gasteiger partial charge in [0, 0.05) is 46.7 Å². The van der Waals surface area contributed by atoms with E-state index in [-0.39, 0.29) is 0 Å². The monoisotopic (exact) mass is 514 g/mol. The van der Waals surface area contributed by atoms with Gasteiger partial charge < -0.3 is 4.42 Å². The Morgan fingerprint density at radius 3 is 1.82 bits per heavy atom. The van der Waals surface area contributed by atoms with Gasteiger partial charge in [0.05, 0.1) is 11.1 Å². The molecule has 0 aliphatic heterocycles. The number of hydrogen-bond donors (Lipinski definition) is 0. The third-order valence-corrected chi connectivity index (χ3v) is 7.54. The number of nitrogens with zero attached hydrogens (tertiary/aromatic N) is 4. The molecule has 0 aliphatic carbocycles. The maximum absolute atomic E-state index is 9.51. The summed E-state index contributed by atoms with van der Waals surface area (Å²) in [5.74, 6) is 0. The molecule has 5 heteroatoms. The number of aryl methyl sites for hydroxylation is 1. The molecule has 0 radical (unpaired) electrons. The van der Waals surface area contributed by atoms with Crippen molar-refractivity contribution in [3.8, 4) is 34.4 Å². The number of rotatable bonds is 4. The van der Waals surface area contributed by atoms with E-state index in [4.69, 9.17) is 4.42 Å². The molecular formula is C35H22N4O. The standard InChI is InChI=1S/C35H22N4O/c1-2-5-21-8-9-27-30(25-11-23(16-37)18-39-20-25)14-33-35(31(27)12-21)34-28-7-4-3-6-26(28)29(13-32(34)40-33)24-10-22(15-36)17-38-19-24/h3-4,6-14,17-20H,2,5H2,1H3. The summed E-state index contributed by atoms with van der Waals surface area (Å²) >= 11 is 0. The Balaban J connectivity index is 1.63. The SMILES string of the molecule is CCCc1ccc2c(-c3cncc(C#N)c3)cc3oc4cc(-c5cncc(C#N)c5)c5ccccc5c4c3c2c1. The number of benzene rings is 4. The molecule has 0 N–H and O–H groups in total. The maximum Gasteiger partial charge on any atom is 0.136 e. The molecule has 0 aliphatic rings. The Labute approximate surface area is 230 Å². The molecule has 0 atom stereocenters. The van der Waals surface area contributed by atoms with Crippen molar-refractivity contribution in [2.75, 3.05) is 0 Å². The average molecular weight is 515 g/mol. The molecule has 0 unspecified atom stereocenters. The highest BCUT2D eigenvalue weighted by Gasteiger charge is 2.20. The molecule has 188 valence electrons. The van der Waals surface area contributed by atoms with Gasteiger partial charge in [-0.05, 0) is 68.9 Å². The fourth-order valence-corrected chi connectivity index (χ4v) is 5.81. The third-order valence-electron chi connectivity index (χ3n) is 7.54. The second-order valence-electron chi connectivity index (χ2n) is 10.0. The van der Waals surface area contributed by atoms with Crippen molar-refractivity contribution in [1.82, 2.24) is 9.97 Å². The number of hydrogen-bond acceptors (Lipinski definition) is 5. The number of aromatic nitrogens is 2. The molecular weight excluding hydrogens is 492 g/mol. The minimum Gasteiger partial charge on any atom is -0.456 e. The predicted molar refractivity (Wildman–Crippen MR) is 159 cm³/mol. The van der Waals surface area contributed by atoms with Crippen molar-refractivity contribution in [3.63, 3.8) is 0 Å². The summed E-state index contributed by atoms with van der Waals surface area (Å²) in [5, 5.41) is 25.5. The van der Waals surface area contributed by atoms with Crippen LogP contribution in [-0.2, 0) is 6.42 Å². The largest absolute Gasteiger partial charge is 0.456 e. The minimum atomic E-state index is 0.513. The van der Waals surface area contributed by atoms with Crippen LogP contribution < -0.4 is 0 Å². The predicted octanol–water partition coefficient (Wildman–Crippen LogP) is 8.71. The van der Waals surface area contributed by atoms with Crippen LogP contribution in [0, 0.1) is 22.7 Å². The summed E-state index contributed by atoms with van der Waals surface area (Å²) in [7, 11) is 0. The lowest BCUT2D eigenvalue weighted by Gasteiger charge is -2.11. The van der Waals surface area contributed by atoms with Crippen molar-refractivity contribution >= 4 is 43.5 Å². The van der Waals surface area contributed by atoms with E-state index < -0.39 is 0 Å². The molecule has 3 heterocycles. The van der Waals surface area contributed by atoms with Crippen LogP contribution in [0.4, 0.5) is 0 Å². The highest BCUT2D eigenvalue weighted by atomic mass is 16.3. The van der Waals surface area contributed by atoms with Crippen molar-refractivity contribution in [1.29, 1.82) is 10.5 Å². The lowest BCUT2D eigenvalue weighted by molar-refractivity contribution is 0.670. The van der Waals surface area contributed by atoms with Crippen molar-refractivity contribution < 1.29 is 4.42 Å². The van der Waals surface area contributed by atoms with Crippen molar-refractivity contribution in [2.45, 2.75) is 19.8 Å². The van der Waals surface area contributed by atoms with Crippen LogP contribution in [0.15, 0.2) is 95.9 Å². The van der Waals surface area contributed by atoms with Crippen molar-refractivity contribution in [2.24, 2.45) is 0 Å². The zero-order valence-corrected chi connectivity index (χ0v) is 21.8. The van der Waals surface area contributed by atoms with E-state index in [0.717, 1.165) is 78.6 Å². The molecule has 0 fully saturated rings. The quantitative estimate of drug-likeness (QED) is 0.234. The van der Waals surface area contributed by atoms with Gasteiger partial charge in [-0.2, -0.15) is 10.5 Å². The molecule has 0 spiro atoms.